The number of benzene rings is 1. The Morgan fingerprint density at radius 2 is 2.14 bits per heavy atom. The summed E-state index contributed by atoms with van der Waals surface area (Å²) in [5.74, 6) is -0.433. The topological polar surface area (TPSA) is 74.4 Å². The number of halogens is 1. The first-order chi connectivity index (χ1) is 10.0. The van der Waals surface area contributed by atoms with Crippen LogP contribution in [0.4, 0.5) is 10.2 Å². The maximum absolute atomic E-state index is 13.4. The van der Waals surface area contributed by atoms with Gasteiger partial charge in [-0.15, -0.1) is 0 Å². The third-order valence-corrected chi connectivity index (χ3v) is 2.96. The highest BCUT2D eigenvalue weighted by molar-refractivity contribution is 5.91. The molecule has 1 heterocycles. The second kappa shape index (κ2) is 6.21. The third kappa shape index (κ3) is 3.28. The van der Waals surface area contributed by atoms with E-state index in [1.807, 2.05) is 0 Å². The molecule has 1 aromatic carbocycles. The van der Waals surface area contributed by atoms with Crippen molar-refractivity contribution in [3.05, 3.63) is 53.5 Å². The van der Waals surface area contributed by atoms with E-state index in [9.17, 15) is 9.18 Å². The zero-order chi connectivity index (χ0) is 15.4. The molecule has 0 aliphatic rings. The number of nitrogens with zero attached hydrogens (tertiary/aromatic N) is 1. The van der Waals surface area contributed by atoms with Crippen LogP contribution in [-0.2, 0) is 4.74 Å². The average molecular weight is 290 g/mol. The summed E-state index contributed by atoms with van der Waals surface area (Å²) < 4.78 is 23.8. The van der Waals surface area contributed by atoms with Crippen molar-refractivity contribution < 1.29 is 18.7 Å². The minimum absolute atomic E-state index is 0.223. The van der Waals surface area contributed by atoms with Gasteiger partial charge >= 0.3 is 5.97 Å². The Kier molecular flexibility index (Phi) is 4.37. The molecule has 1 aromatic heterocycles. The summed E-state index contributed by atoms with van der Waals surface area (Å²) in [6, 6.07) is 7.12. The van der Waals surface area contributed by atoms with E-state index in [2.05, 4.69) is 9.72 Å². The van der Waals surface area contributed by atoms with Gasteiger partial charge in [-0.3, -0.25) is 0 Å². The number of pyridine rings is 1. The summed E-state index contributed by atoms with van der Waals surface area (Å²) in [4.78, 5) is 15.6. The van der Waals surface area contributed by atoms with Crippen molar-refractivity contribution in [2.24, 2.45) is 0 Å². The lowest BCUT2D eigenvalue weighted by Crippen LogP contribution is -2.12. The number of carbonyl (C=O) groups excluding carboxylic acids is 1. The van der Waals surface area contributed by atoms with Crippen molar-refractivity contribution in [2.75, 3.05) is 12.8 Å². The molecule has 0 bridgehead atoms. The molecule has 0 radical (unpaired) electrons. The third-order valence-electron chi connectivity index (χ3n) is 2.96. The Bertz CT molecular complexity index is 661. The molecule has 110 valence electrons. The van der Waals surface area contributed by atoms with Crippen LogP contribution in [0, 0.1) is 5.82 Å². The molecule has 2 rings (SSSR count). The average Bonchev–Trinajstić information content (AvgIpc) is 2.48. The highest BCUT2D eigenvalue weighted by Crippen LogP contribution is 2.28. The largest absolute Gasteiger partial charge is 0.482 e. The maximum atomic E-state index is 13.4. The van der Waals surface area contributed by atoms with Gasteiger partial charge < -0.3 is 15.2 Å². The smallest absolute Gasteiger partial charge is 0.338 e. The molecule has 5 nitrogen and oxygen atoms in total. The Morgan fingerprint density at radius 1 is 1.38 bits per heavy atom. The first kappa shape index (κ1) is 14.8. The van der Waals surface area contributed by atoms with E-state index in [1.54, 1.807) is 19.1 Å². The SMILES string of the molecule is COC(=O)c1ccc(F)cc1[C@@H](C)Oc1cccnc1N. The number of aromatic nitrogens is 1. The van der Waals surface area contributed by atoms with Crippen molar-refractivity contribution in [3.8, 4) is 5.75 Å². The molecule has 0 amide bonds. The van der Waals surface area contributed by atoms with Crippen molar-refractivity contribution in [1.29, 1.82) is 0 Å². The van der Waals surface area contributed by atoms with Gasteiger partial charge in [-0.1, -0.05) is 0 Å². The quantitative estimate of drug-likeness (QED) is 0.876. The Morgan fingerprint density at radius 3 is 2.81 bits per heavy atom. The summed E-state index contributed by atoms with van der Waals surface area (Å²) in [6.45, 7) is 1.69. The predicted octanol–water partition coefficient (Wildman–Crippen LogP) is 2.73. The van der Waals surface area contributed by atoms with Crippen LogP contribution < -0.4 is 10.5 Å². The number of rotatable bonds is 4. The molecule has 21 heavy (non-hydrogen) atoms. The van der Waals surface area contributed by atoms with Crippen molar-refractivity contribution >= 4 is 11.8 Å². The fourth-order valence-electron chi connectivity index (χ4n) is 1.92. The lowest BCUT2D eigenvalue weighted by molar-refractivity contribution is 0.0595. The van der Waals surface area contributed by atoms with E-state index < -0.39 is 17.9 Å². The number of esters is 1. The standard InChI is InChI=1S/C15H15FN2O3/c1-9(21-13-4-3-7-18-14(13)17)12-8-10(16)5-6-11(12)15(19)20-2/h3-9H,1-2H3,(H2,17,18)/t9-/m1/s1. The molecule has 0 fully saturated rings. The number of nitrogen functional groups attached to an aromatic ring is 1. The number of methoxy groups -OCH3 is 1. The van der Waals surface area contributed by atoms with Crippen LogP contribution in [0.2, 0.25) is 0 Å². The normalized spacial score (nSPS) is 11.8. The molecule has 0 saturated carbocycles. The molecule has 6 heteroatoms. The van der Waals surface area contributed by atoms with Crippen LogP contribution >= 0.6 is 0 Å². The molecule has 0 unspecified atom stereocenters. The van der Waals surface area contributed by atoms with Crippen molar-refractivity contribution in [1.82, 2.24) is 4.98 Å². The first-order valence-electron chi connectivity index (χ1n) is 6.28. The van der Waals surface area contributed by atoms with Crippen molar-refractivity contribution in [2.45, 2.75) is 13.0 Å². The van der Waals surface area contributed by atoms with Crippen molar-refractivity contribution in [3.63, 3.8) is 0 Å². The molecule has 0 aliphatic carbocycles. The molecular formula is C15H15FN2O3. The van der Waals surface area contributed by atoms with Gasteiger partial charge in [0.2, 0.25) is 0 Å². The summed E-state index contributed by atoms with van der Waals surface area (Å²) in [5, 5.41) is 0. The van der Waals surface area contributed by atoms with Crippen LogP contribution in [0.3, 0.4) is 0 Å². The van der Waals surface area contributed by atoms with Crippen LogP contribution in [0.1, 0.15) is 28.9 Å². The number of carbonyl (C=O) groups is 1. The van der Waals surface area contributed by atoms with E-state index in [0.717, 1.165) is 0 Å². The summed E-state index contributed by atoms with van der Waals surface area (Å²) in [7, 11) is 1.26. The van der Waals surface area contributed by atoms with Crippen LogP contribution in [-0.4, -0.2) is 18.1 Å². The van der Waals surface area contributed by atoms with E-state index >= 15 is 0 Å². The minimum Gasteiger partial charge on any atom is -0.482 e. The number of ether oxygens (including phenoxy) is 2. The monoisotopic (exact) mass is 290 g/mol. The van der Waals surface area contributed by atoms with Crippen LogP contribution in [0.15, 0.2) is 36.5 Å². The molecular weight excluding hydrogens is 275 g/mol. The fourth-order valence-corrected chi connectivity index (χ4v) is 1.92. The first-order valence-corrected chi connectivity index (χ1v) is 6.28. The van der Waals surface area contributed by atoms with Gasteiger partial charge in [-0.25, -0.2) is 14.2 Å². The number of hydrogen-bond acceptors (Lipinski definition) is 5. The number of anilines is 1. The molecule has 0 saturated heterocycles. The van der Waals surface area contributed by atoms with Crippen LogP contribution in [0.25, 0.3) is 0 Å². The maximum Gasteiger partial charge on any atom is 0.338 e. The lowest BCUT2D eigenvalue weighted by atomic mass is 10.0. The van der Waals surface area contributed by atoms with Gasteiger partial charge in [0.05, 0.1) is 12.7 Å². The molecule has 2 N–H and O–H groups in total. The zero-order valence-corrected chi connectivity index (χ0v) is 11.7. The molecule has 1 atom stereocenters. The second-order valence-corrected chi connectivity index (χ2v) is 4.37. The van der Waals surface area contributed by atoms with Gasteiger partial charge in [0.25, 0.3) is 0 Å². The Balaban J connectivity index is 2.34. The number of hydrogen-bond donors (Lipinski definition) is 1. The zero-order valence-electron chi connectivity index (χ0n) is 11.7. The van der Waals surface area contributed by atoms with Gasteiger partial charge in [-0.2, -0.15) is 0 Å². The van der Waals surface area contributed by atoms with E-state index in [1.165, 1.54) is 31.5 Å². The Labute approximate surface area is 121 Å². The number of nitrogens with two attached hydrogens (primary N) is 1. The Hall–Kier alpha value is -2.63. The summed E-state index contributed by atoms with van der Waals surface area (Å²) in [5.41, 5.74) is 6.32. The molecule has 0 aliphatic heterocycles. The van der Waals surface area contributed by atoms with Gasteiger partial charge in [-0.05, 0) is 37.3 Å². The second-order valence-electron chi connectivity index (χ2n) is 4.37. The van der Waals surface area contributed by atoms with Gasteiger partial charge in [0.15, 0.2) is 11.6 Å². The van der Waals surface area contributed by atoms with E-state index in [0.29, 0.717) is 11.3 Å². The van der Waals surface area contributed by atoms with Crippen LogP contribution in [0.5, 0.6) is 5.75 Å². The fraction of sp³-hybridized carbons (Fsp3) is 0.200. The van der Waals surface area contributed by atoms with E-state index in [4.69, 9.17) is 10.5 Å². The van der Waals surface area contributed by atoms with Gasteiger partial charge in [0, 0.05) is 11.8 Å². The minimum atomic E-state index is -0.596. The molecule has 0 spiro atoms. The summed E-state index contributed by atoms with van der Waals surface area (Å²) >= 11 is 0. The predicted molar refractivity (Wildman–Crippen MR) is 75.4 cm³/mol. The highest BCUT2D eigenvalue weighted by Gasteiger charge is 2.19. The highest BCUT2D eigenvalue weighted by atomic mass is 19.1. The summed E-state index contributed by atoms with van der Waals surface area (Å²) in [6.07, 6.45) is 0.941. The van der Waals surface area contributed by atoms with E-state index in [-0.39, 0.29) is 11.4 Å². The lowest BCUT2D eigenvalue weighted by Gasteiger charge is -2.18. The molecule has 2 aromatic rings. The van der Waals surface area contributed by atoms with Gasteiger partial charge in [0.1, 0.15) is 11.9 Å².